The Kier molecular flexibility index (Phi) is 4.40. The van der Waals surface area contributed by atoms with Gasteiger partial charge in [-0.15, -0.1) is 0 Å². The van der Waals surface area contributed by atoms with E-state index in [9.17, 15) is 0 Å². The van der Waals surface area contributed by atoms with Gasteiger partial charge in [-0.05, 0) is 12.5 Å². The summed E-state index contributed by atoms with van der Waals surface area (Å²) in [5.41, 5.74) is 8.44. The maximum atomic E-state index is 5.92. The molecular formula is C15H20N2O. The summed E-state index contributed by atoms with van der Waals surface area (Å²) < 4.78 is 5.49. The lowest BCUT2D eigenvalue weighted by molar-refractivity contribution is 0.480. The van der Waals surface area contributed by atoms with E-state index in [1.54, 1.807) is 6.26 Å². The molecule has 3 nitrogen and oxygen atoms in total. The highest BCUT2D eigenvalue weighted by Crippen LogP contribution is 2.24. The summed E-state index contributed by atoms with van der Waals surface area (Å²) >= 11 is 0. The van der Waals surface area contributed by atoms with Crippen molar-refractivity contribution in [2.45, 2.75) is 39.0 Å². The van der Waals surface area contributed by atoms with Crippen molar-refractivity contribution in [3.63, 3.8) is 0 Å². The predicted molar refractivity (Wildman–Crippen MR) is 74.2 cm³/mol. The van der Waals surface area contributed by atoms with Gasteiger partial charge in [0.05, 0.1) is 0 Å². The number of oxazole rings is 1. The third kappa shape index (κ3) is 3.13. The fourth-order valence-electron chi connectivity index (χ4n) is 1.98. The van der Waals surface area contributed by atoms with Gasteiger partial charge >= 0.3 is 0 Å². The molecule has 2 rings (SSSR count). The van der Waals surface area contributed by atoms with Crippen LogP contribution in [0.5, 0.6) is 0 Å². The third-order valence-electron chi connectivity index (χ3n) is 3.03. The number of unbranched alkanes of at least 4 members (excludes halogenated alkanes) is 3. The first-order valence-corrected chi connectivity index (χ1v) is 6.60. The minimum absolute atomic E-state index is 0.739. The molecule has 0 aliphatic heterocycles. The number of para-hydroxylation sites is 1. The van der Waals surface area contributed by atoms with Gasteiger partial charge in [-0.3, -0.25) is 0 Å². The molecule has 2 N–H and O–H groups in total. The first-order valence-electron chi connectivity index (χ1n) is 6.60. The number of nitrogen functional groups attached to an aromatic ring is 1. The summed E-state index contributed by atoms with van der Waals surface area (Å²) in [6, 6.07) is 7.73. The molecule has 18 heavy (non-hydrogen) atoms. The van der Waals surface area contributed by atoms with Gasteiger partial charge in [-0.2, -0.15) is 0 Å². The van der Waals surface area contributed by atoms with Gasteiger partial charge in [-0.1, -0.05) is 44.4 Å². The van der Waals surface area contributed by atoms with Crippen molar-refractivity contribution < 1.29 is 4.42 Å². The molecule has 0 aliphatic rings. The fourth-order valence-corrected chi connectivity index (χ4v) is 1.98. The summed E-state index contributed by atoms with van der Waals surface area (Å²) in [5, 5.41) is 0. The van der Waals surface area contributed by atoms with Crippen LogP contribution in [0.1, 0.15) is 38.5 Å². The van der Waals surface area contributed by atoms with Crippen molar-refractivity contribution in [1.29, 1.82) is 0 Å². The predicted octanol–water partition coefficient (Wildman–Crippen LogP) is 4.05. The molecule has 3 heteroatoms. The van der Waals surface area contributed by atoms with Crippen LogP contribution in [0, 0.1) is 0 Å². The Morgan fingerprint density at radius 1 is 1.17 bits per heavy atom. The number of anilines is 1. The molecule has 0 saturated carbocycles. The number of benzene rings is 1. The van der Waals surface area contributed by atoms with Gasteiger partial charge in [-0.25, -0.2) is 4.98 Å². The minimum Gasteiger partial charge on any atom is -0.448 e. The second-order valence-corrected chi connectivity index (χ2v) is 4.52. The maximum absolute atomic E-state index is 5.92. The van der Waals surface area contributed by atoms with E-state index in [1.165, 1.54) is 19.3 Å². The van der Waals surface area contributed by atoms with Crippen LogP contribution in [0.3, 0.4) is 0 Å². The Morgan fingerprint density at radius 3 is 2.78 bits per heavy atom. The molecule has 1 aromatic heterocycles. The summed E-state index contributed by atoms with van der Waals surface area (Å²) in [6.07, 6.45) is 7.50. The van der Waals surface area contributed by atoms with Gasteiger partial charge < -0.3 is 10.2 Å². The van der Waals surface area contributed by atoms with Crippen LogP contribution in [-0.2, 0) is 6.42 Å². The number of nitrogens with zero attached hydrogens (tertiary/aromatic N) is 1. The average molecular weight is 244 g/mol. The van der Waals surface area contributed by atoms with Gasteiger partial charge in [0, 0.05) is 17.7 Å². The molecule has 0 fully saturated rings. The zero-order valence-electron chi connectivity index (χ0n) is 10.9. The lowest BCUT2D eigenvalue weighted by atomic mass is 10.1. The van der Waals surface area contributed by atoms with Gasteiger partial charge in [0.1, 0.15) is 12.0 Å². The van der Waals surface area contributed by atoms with Crippen LogP contribution in [0.25, 0.3) is 11.3 Å². The van der Waals surface area contributed by atoms with E-state index < -0.39 is 0 Å². The van der Waals surface area contributed by atoms with Crippen molar-refractivity contribution >= 4 is 5.69 Å². The Hall–Kier alpha value is -1.77. The van der Waals surface area contributed by atoms with Crippen molar-refractivity contribution in [2.24, 2.45) is 0 Å². The number of aryl methyl sites for hydroxylation is 1. The Balaban J connectivity index is 2.00. The molecule has 0 aliphatic carbocycles. The monoisotopic (exact) mass is 244 g/mol. The number of nitrogens with two attached hydrogens (primary N) is 1. The topological polar surface area (TPSA) is 52.0 Å². The normalized spacial score (nSPS) is 10.7. The highest BCUT2D eigenvalue weighted by Gasteiger charge is 2.08. The second-order valence-electron chi connectivity index (χ2n) is 4.52. The Bertz CT molecular complexity index is 491. The molecule has 96 valence electrons. The van der Waals surface area contributed by atoms with E-state index in [4.69, 9.17) is 10.2 Å². The van der Waals surface area contributed by atoms with Crippen LogP contribution >= 0.6 is 0 Å². The molecule has 0 unspecified atom stereocenters. The number of rotatable bonds is 6. The van der Waals surface area contributed by atoms with E-state index in [0.29, 0.717) is 0 Å². The van der Waals surface area contributed by atoms with Crippen molar-refractivity contribution in [2.75, 3.05) is 5.73 Å². The summed E-state index contributed by atoms with van der Waals surface area (Å²) in [4.78, 5) is 4.49. The van der Waals surface area contributed by atoms with E-state index in [2.05, 4.69) is 11.9 Å². The Morgan fingerprint density at radius 2 is 2.00 bits per heavy atom. The second kappa shape index (κ2) is 6.24. The molecule has 0 atom stereocenters. The number of aromatic nitrogens is 1. The molecule has 0 spiro atoms. The van der Waals surface area contributed by atoms with Crippen molar-refractivity contribution in [3.05, 3.63) is 36.4 Å². The summed E-state index contributed by atoms with van der Waals surface area (Å²) in [7, 11) is 0. The smallest absolute Gasteiger partial charge is 0.194 e. The van der Waals surface area contributed by atoms with Crippen LogP contribution in [0.2, 0.25) is 0 Å². The zero-order chi connectivity index (χ0) is 12.8. The molecule has 2 aromatic rings. The fraction of sp³-hybridized carbons (Fsp3) is 0.400. The van der Waals surface area contributed by atoms with Gasteiger partial charge in [0.25, 0.3) is 0 Å². The average Bonchev–Trinajstić information content (AvgIpc) is 2.84. The largest absolute Gasteiger partial charge is 0.448 e. The first-order chi connectivity index (χ1) is 8.81. The first kappa shape index (κ1) is 12.7. The molecule has 1 heterocycles. The zero-order valence-corrected chi connectivity index (χ0v) is 10.9. The highest BCUT2D eigenvalue weighted by molar-refractivity contribution is 5.72. The highest BCUT2D eigenvalue weighted by atomic mass is 16.3. The number of hydrogen-bond acceptors (Lipinski definition) is 3. The summed E-state index contributed by atoms with van der Waals surface area (Å²) in [5.74, 6) is 0.810. The lowest BCUT2D eigenvalue weighted by Gasteiger charge is -1.99. The van der Waals surface area contributed by atoms with E-state index in [-0.39, 0.29) is 0 Å². The molecule has 0 amide bonds. The van der Waals surface area contributed by atoms with Crippen molar-refractivity contribution in [3.8, 4) is 11.3 Å². The van der Waals surface area contributed by atoms with Crippen LogP contribution in [0.15, 0.2) is 34.9 Å². The SMILES string of the molecule is CCCCCCc1nc(-c2ccccc2N)co1. The van der Waals surface area contributed by atoms with Crippen LogP contribution < -0.4 is 5.73 Å². The molecule has 0 bridgehead atoms. The minimum atomic E-state index is 0.739. The number of hydrogen-bond donors (Lipinski definition) is 1. The third-order valence-corrected chi connectivity index (χ3v) is 3.03. The quantitative estimate of drug-likeness (QED) is 0.616. The standard InChI is InChI=1S/C15H20N2O/c1-2-3-4-5-10-15-17-14(11-18-15)12-8-6-7-9-13(12)16/h6-9,11H,2-5,10,16H2,1H3. The van der Waals surface area contributed by atoms with E-state index >= 15 is 0 Å². The summed E-state index contributed by atoms with van der Waals surface area (Å²) in [6.45, 7) is 2.21. The molecule has 0 radical (unpaired) electrons. The van der Waals surface area contributed by atoms with Gasteiger partial charge in [0.2, 0.25) is 0 Å². The lowest BCUT2D eigenvalue weighted by Crippen LogP contribution is -1.90. The van der Waals surface area contributed by atoms with Crippen molar-refractivity contribution in [1.82, 2.24) is 4.98 Å². The van der Waals surface area contributed by atoms with E-state index in [1.807, 2.05) is 24.3 Å². The van der Waals surface area contributed by atoms with Gasteiger partial charge in [0.15, 0.2) is 5.89 Å². The maximum Gasteiger partial charge on any atom is 0.194 e. The Labute approximate surface area is 108 Å². The van der Waals surface area contributed by atoms with Crippen LogP contribution in [-0.4, -0.2) is 4.98 Å². The molecule has 1 aromatic carbocycles. The van der Waals surface area contributed by atoms with Crippen LogP contribution in [0.4, 0.5) is 5.69 Å². The molecule has 0 saturated heterocycles. The molecular weight excluding hydrogens is 224 g/mol. The van der Waals surface area contributed by atoms with E-state index in [0.717, 1.165) is 35.7 Å².